The molecule has 0 heterocycles. The van der Waals surface area contributed by atoms with Crippen LogP contribution in [0.4, 0.5) is 0 Å². The van der Waals surface area contributed by atoms with Gasteiger partial charge in [-0.2, -0.15) is 0 Å². The smallest absolute Gasteiger partial charge is 0.254 e. The molecule has 1 amide bonds. The van der Waals surface area contributed by atoms with E-state index in [0.29, 0.717) is 31.9 Å². The van der Waals surface area contributed by atoms with Crippen LogP contribution in [0, 0.1) is 0 Å². The highest BCUT2D eigenvalue weighted by atomic mass is 16.5. The first-order chi connectivity index (χ1) is 9.24. The van der Waals surface area contributed by atoms with Gasteiger partial charge in [0.25, 0.3) is 5.91 Å². The number of carbonyl (C=O) groups excluding carboxylic acids is 1. The van der Waals surface area contributed by atoms with Gasteiger partial charge in [0.05, 0.1) is 19.8 Å². The van der Waals surface area contributed by atoms with Crippen molar-refractivity contribution in [3.8, 4) is 0 Å². The number of nitrogens with zero attached hydrogens (tertiary/aromatic N) is 1. The summed E-state index contributed by atoms with van der Waals surface area (Å²) in [5, 5.41) is 9.05. The fraction of sp³-hybridized carbons (Fsp3) is 0.500. The van der Waals surface area contributed by atoms with E-state index in [1.54, 1.807) is 25.2 Å². The Balaban J connectivity index is 2.88. The first-order valence-corrected chi connectivity index (χ1v) is 6.20. The average Bonchev–Trinajstić information content (AvgIpc) is 2.44. The maximum Gasteiger partial charge on any atom is 0.254 e. The van der Waals surface area contributed by atoms with E-state index in [4.69, 9.17) is 14.6 Å². The number of hydrogen-bond donors (Lipinski definition) is 1. The van der Waals surface area contributed by atoms with Crippen LogP contribution in [0.15, 0.2) is 24.3 Å². The molecule has 0 atom stereocenters. The van der Waals surface area contributed by atoms with Gasteiger partial charge < -0.3 is 19.5 Å². The molecule has 5 nitrogen and oxygen atoms in total. The molecule has 1 N–H and O–H groups in total. The van der Waals surface area contributed by atoms with Crippen LogP contribution in [0.25, 0.3) is 0 Å². The Kier molecular flexibility index (Phi) is 7.10. The number of rotatable bonds is 8. The van der Waals surface area contributed by atoms with Crippen LogP contribution in [0.3, 0.4) is 0 Å². The number of amides is 1. The molecule has 5 heteroatoms. The summed E-state index contributed by atoms with van der Waals surface area (Å²) in [5.41, 5.74) is 1.45. The topological polar surface area (TPSA) is 59.0 Å². The highest BCUT2D eigenvalue weighted by molar-refractivity contribution is 5.95. The van der Waals surface area contributed by atoms with E-state index in [0.717, 1.165) is 5.56 Å². The van der Waals surface area contributed by atoms with Crippen molar-refractivity contribution in [1.82, 2.24) is 4.90 Å². The lowest BCUT2D eigenvalue weighted by atomic mass is 10.1. The van der Waals surface area contributed by atoms with Gasteiger partial charge in [-0.1, -0.05) is 18.2 Å². The maximum atomic E-state index is 12.4. The number of hydrogen-bond acceptors (Lipinski definition) is 4. The summed E-state index contributed by atoms with van der Waals surface area (Å²) in [7, 11) is 3.18. The normalized spacial score (nSPS) is 10.5. The van der Waals surface area contributed by atoms with E-state index in [1.807, 2.05) is 18.2 Å². The summed E-state index contributed by atoms with van der Waals surface area (Å²) in [5.74, 6) is -0.112. The van der Waals surface area contributed by atoms with Gasteiger partial charge >= 0.3 is 0 Å². The zero-order valence-electron chi connectivity index (χ0n) is 11.5. The third-order valence-corrected chi connectivity index (χ3v) is 2.77. The Labute approximate surface area is 113 Å². The SMILES string of the molecule is COCCN(CCO)C(=O)c1ccccc1COC. The minimum absolute atomic E-state index is 0.0676. The second-order valence-electron chi connectivity index (χ2n) is 4.10. The minimum Gasteiger partial charge on any atom is -0.395 e. The predicted molar refractivity (Wildman–Crippen MR) is 72.0 cm³/mol. The second-order valence-corrected chi connectivity index (χ2v) is 4.10. The molecule has 106 valence electrons. The van der Waals surface area contributed by atoms with Crippen molar-refractivity contribution in [2.75, 3.05) is 40.5 Å². The molecule has 0 aliphatic rings. The Morgan fingerprint density at radius 3 is 2.58 bits per heavy atom. The van der Waals surface area contributed by atoms with E-state index in [2.05, 4.69) is 0 Å². The molecule has 0 aliphatic carbocycles. The summed E-state index contributed by atoms with van der Waals surface area (Å²) in [6.07, 6.45) is 0. The molecule has 0 aromatic heterocycles. The molecule has 0 saturated heterocycles. The maximum absolute atomic E-state index is 12.4. The van der Waals surface area contributed by atoms with Crippen molar-refractivity contribution in [2.45, 2.75) is 6.61 Å². The van der Waals surface area contributed by atoms with Crippen LogP contribution in [-0.2, 0) is 16.1 Å². The standard InChI is InChI=1S/C14H21NO4/c1-18-10-8-15(7-9-16)14(17)13-6-4-3-5-12(13)11-19-2/h3-6,16H,7-11H2,1-2H3. The van der Waals surface area contributed by atoms with Gasteiger partial charge in [0, 0.05) is 32.9 Å². The van der Waals surface area contributed by atoms with Crippen molar-refractivity contribution >= 4 is 5.91 Å². The molecule has 0 saturated carbocycles. The summed E-state index contributed by atoms with van der Waals surface area (Å²) in [6.45, 7) is 1.51. The molecule has 1 aromatic carbocycles. The zero-order chi connectivity index (χ0) is 14.1. The van der Waals surface area contributed by atoms with Gasteiger partial charge in [-0.25, -0.2) is 0 Å². The van der Waals surface area contributed by atoms with E-state index < -0.39 is 0 Å². The monoisotopic (exact) mass is 267 g/mol. The van der Waals surface area contributed by atoms with E-state index in [9.17, 15) is 4.79 Å². The molecular weight excluding hydrogens is 246 g/mol. The zero-order valence-corrected chi connectivity index (χ0v) is 11.5. The summed E-state index contributed by atoms with van der Waals surface area (Å²) in [4.78, 5) is 14.0. The predicted octanol–water partition coefficient (Wildman–Crippen LogP) is 0.914. The van der Waals surface area contributed by atoms with Gasteiger partial charge in [-0.05, 0) is 11.6 Å². The van der Waals surface area contributed by atoms with Crippen molar-refractivity contribution in [1.29, 1.82) is 0 Å². The van der Waals surface area contributed by atoms with Crippen LogP contribution in [-0.4, -0.2) is 56.4 Å². The molecule has 0 aliphatic heterocycles. The van der Waals surface area contributed by atoms with Crippen LogP contribution in [0.5, 0.6) is 0 Å². The minimum atomic E-state index is -0.112. The van der Waals surface area contributed by atoms with E-state index >= 15 is 0 Å². The molecule has 0 bridgehead atoms. The fourth-order valence-electron chi connectivity index (χ4n) is 1.82. The number of benzene rings is 1. The van der Waals surface area contributed by atoms with E-state index in [-0.39, 0.29) is 12.5 Å². The van der Waals surface area contributed by atoms with Crippen molar-refractivity contribution in [3.63, 3.8) is 0 Å². The van der Waals surface area contributed by atoms with Crippen LogP contribution in [0.1, 0.15) is 15.9 Å². The number of aliphatic hydroxyl groups is 1. The van der Waals surface area contributed by atoms with Crippen LogP contribution < -0.4 is 0 Å². The van der Waals surface area contributed by atoms with Crippen molar-refractivity contribution in [3.05, 3.63) is 35.4 Å². The molecule has 0 radical (unpaired) electrons. The summed E-state index contributed by atoms with van der Waals surface area (Å²) >= 11 is 0. The Hall–Kier alpha value is -1.43. The second kappa shape index (κ2) is 8.63. The van der Waals surface area contributed by atoms with Crippen molar-refractivity contribution in [2.24, 2.45) is 0 Å². The van der Waals surface area contributed by atoms with Gasteiger partial charge in [-0.3, -0.25) is 4.79 Å². The van der Waals surface area contributed by atoms with Crippen LogP contribution in [0.2, 0.25) is 0 Å². The summed E-state index contributed by atoms with van der Waals surface area (Å²) in [6, 6.07) is 7.33. The highest BCUT2D eigenvalue weighted by Crippen LogP contribution is 2.13. The largest absolute Gasteiger partial charge is 0.395 e. The van der Waals surface area contributed by atoms with Gasteiger partial charge in [0.1, 0.15) is 0 Å². The number of carbonyl (C=O) groups is 1. The average molecular weight is 267 g/mol. The fourth-order valence-corrected chi connectivity index (χ4v) is 1.82. The molecule has 0 fully saturated rings. The number of aliphatic hydroxyl groups excluding tert-OH is 1. The van der Waals surface area contributed by atoms with Crippen molar-refractivity contribution < 1.29 is 19.4 Å². The van der Waals surface area contributed by atoms with Crippen LogP contribution >= 0.6 is 0 Å². The molecule has 0 unspecified atom stereocenters. The Bertz CT molecular complexity index is 395. The number of ether oxygens (including phenoxy) is 2. The first-order valence-electron chi connectivity index (χ1n) is 6.20. The molecule has 0 spiro atoms. The molecule has 1 aromatic rings. The van der Waals surface area contributed by atoms with Gasteiger partial charge in [0.2, 0.25) is 0 Å². The summed E-state index contributed by atoms with van der Waals surface area (Å²) < 4.78 is 10.1. The Morgan fingerprint density at radius 2 is 1.95 bits per heavy atom. The quantitative estimate of drug-likeness (QED) is 0.760. The molecule has 19 heavy (non-hydrogen) atoms. The highest BCUT2D eigenvalue weighted by Gasteiger charge is 2.17. The third-order valence-electron chi connectivity index (χ3n) is 2.77. The first kappa shape index (κ1) is 15.6. The molecular formula is C14H21NO4. The van der Waals surface area contributed by atoms with Gasteiger partial charge in [0.15, 0.2) is 0 Å². The lowest BCUT2D eigenvalue weighted by Gasteiger charge is -2.22. The lowest BCUT2D eigenvalue weighted by Crippen LogP contribution is -2.36. The Morgan fingerprint density at radius 1 is 1.21 bits per heavy atom. The molecule has 1 rings (SSSR count). The van der Waals surface area contributed by atoms with Gasteiger partial charge in [-0.15, -0.1) is 0 Å². The lowest BCUT2D eigenvalue weighted by molar-refractivity contribution is 0.0652. The van der Waals surface area contributed by atoms with E-state index in [1.165, 1.54) is 0 Å². The third kappa shape index (κ3) is 4.63. The number of methoxy groups -OCH3 is 2.